The molecule has 3 aromatic rings. The molecule has 1 atom stereocenters. The molecule has 1 aliphatic heterocycles. The summed E-state index contributed by atoms with van der Waals surface area (Å²) in [6, 6.07) is 20.2. The average Bonchev–Trinajstić information content (AvgIpc) is 2.75. The predicted octanol–water partition coefficient (Wildman–Crippen LogP) is 4.75. The van der Waals surface area contributed by atoms with Gasteiger partial charge in [0.05, 0.1) is 16.6 Å². The first-order chi connectivity index (χ1) is 14.8. The third kappa shape index (κ3) is 3.83. The van der Waals surface area contributed by atoms with Gasteiger partial charge in [-0.2, -0.15) is 0 Å². The van der Waals surface area contributed by atoms with E-state index >= 15 is 0 Å². The Balaban J connectivity index is 1.65. The molecule has 0 aliphatic carbocycles. The lowest BCUT2D eigenvalue weighted by Gasteiger charge is -2.32. The maximum Gasteiger partial charge on any atom is 0.265 e. The third-order valence-electron chi connectivity index (χ3n) is 5.75. The zero-order valence-electron chi connectivity index (χ0n) is 17.9. The molecule has 31 heavy (non-hydrogen) atoms. The number of sulfonamides is 1. The number of para-hydroxylation sites is 1. The molecule has 0 saturated heterocycles. The molecule has 0 spiro atoms. The van der Waals surface area contributed by atoms with E-state index in [0.29, 0.717) is 17.7 Å². The van der Waals surface area contributed by atoms with Crippen LogP contribution < -0.4 is 9.62 Å². The minimum Gasteiger partial charge on any atom is -0.348 e. The molecular formula is C25H26N2O3S. The summed E-state index contributed by atoms with van der Waals surface area (Å²) < 4.78 is 27.9. The van der Waals surface area contributed by atoms with Gasteiger partial charge < -0.3 is 5.32 Å². The molecule has 0 aromatic heterocycles. The van der Waals surface area contributed by atoms with Crippen LogP contribution in [0.15, 0.2) is 71.6 Å². The molecule has 1 aliphatic rings. The van der Waals surface area contributed by atoms with Crippen molar-refractivity contribution in [2.24, 2.45) is 0 Å². The van der Waals surface area contributed by atoms with E-state index in [4.69, 9.17) is 0 Å². The van der Waals surface area contributed by atoms with Crippen LogP contribution in [0, 0.1) is 13.8 Å². The first-order valence-electron chi connectivity index (χ1n) is 10.4. The number of rotatable bonds is 5. The Bertz CT molecular complexity index is 1250. The summed E-state index contributed by atoms with van der Waals surface area (Å²) >= 11 is 0. The third-order valence-corrected chi connectivity index (χ3v) is 7.57. The molecular weight excluding hydrogens is 408 g/mol. The van der Waals surface area contributed by atoms with E-state index < -0.39 is 10.0 Å². The Morgan fingerprint density at radius 2 is 1.65 bits per heavy atom. The summed E-state index contributed by atoms with van der Waals surface area (Å²) in [5.41, 5.74) is 5.32. The highest BCUT2D eigenvalue weighted by atomic mass is 32.2. The van der Waals surface area contributed by atoms with E-state index in [-0.39, 0.29) is 23.4 Å². The fraction of sp³-hybridized carbons (Fsp3) is 0.240. The van der Waals surface area contributed by atoms with Gasteiger partial charge in [-0.3, -0.25) is 9.10 Å². The highest BCUT2D eigenvalue weighted by Crippen LogP contribution is 2.42. The van der Waals surface area contributed by atoms with Gasteiger partial charge in [0.15, 0.2) is 0 Å². The Kier molecular flexibility index (Phi) is 5.58. The van der Waals surface area contributed by atoms with Crippen molar-refractivity contribution in [1.82, 2.24) is 5.32 Å². The molecule has 0 fully saturated rings. The fourth-order valence-electron chi connectivity index (χ4n) is 4.24. The monoisotopic (exact) mass is 434 g/mol. The van der Waals surface area contributed by atoms with Crippen LogP contribution in [0.5, 0.6) is 0 Å². The largest absolute Gasteiger partial charge is 0.348 e. The number of nitrogens with zero attached hydrogens (tertiary/aromatic N) is 1. The standard InChI is InChI=1S/C25H26N2O3S/c1-4-22(19-14-13-17(2)15-18(19)3)26-25(28)16-27-23-11-7-5-9-20(23)21-10-6-8-12-24(21)31(27,29)30/h5-15,22H,4,16H2,1-3H3,(H,26,28)/t22-/m0/s1. The number of hydrogen-bond donors (Lipinski definition) is 1. The predicted molar refractivity (Wildman–Crippen MR) is 124 cm³/mol. The number of carbonyl (C=O) groups is 1. The van der Waals surface area contributed by atoms with E-state index in [9.17, 15) is 13.2 Å². The number of nitrogens with one attached hydrogen (secondary N) is 1. The van der Waals surface area contributed by atoms with Gasteiger partial charge in [-0.15, -0.1) is 0 Å². The van der Waals surface area contributed by atoms with Gasteiger partial charge in [0.1, 0.15) is 6.54 Å². The van der Waals surface area contributed by atoms with Crippen molar-refractivity contribution in [2.45, 2.75) is 38.1 Å². The van der Waals surface area contributed by atoms with Crippen molar-refractivity contribution in [3.05, 3.63) is 83.4 Å². The first-order valence-corrected chi connectivity index (χ1v) is 11.8. The molecule has 1 heterocycles. The number of benzene rings is 3. The van der Waals surface area contributed by atoms with Crippen molar-refractivity contribution in [3.63, 3.8) is 0 Å². The molecule has 0 radical (unpaired) electrons. The molecule has 0 saturated carbocycles. The lowest BCUT2D eigenvalue weighted by Crippen LogP contribution is -2.43. The number of fused-ring (bicyclic) bond motifs is 3. The molecule has 4 rings (SSSR count). The van der Waals surface area contributed by atoms with Crippen LogP contribution in [-0.2, 0) is 14.8 Å². The zero-order valence-corrected chi connectivity index (χ0v) is 18.7. The summed E-state index contributed by atoms with van der Waals surface area (Å²) in [5, 5.41) is 3.04. The Morgan fingerprint density at radius 3 is 2.35 bits per heavy atom. The normalized spacial score (nSPS) is 15.0. The van der Waals surface area contributed by atoms with Crippen molar-refractivity contribution >= 4 is 21.6 Å². The van der Waals surface area contributed by atoms with Crippen LogP contribution in [-0.4, -0.2) is 20.9 Å². The zero-order chi connectivity index (χ0) is 22.2. The quantitative estimate of drug-likeness (QED) is 0.630. The van der Waals surface area contributed by atoms with Crippen LogP contribution >= 0.6 is 0 Å². The molecule has 0 unspecified atom stereocenters. The van der Waals surface area contributed by atoms with Crippen LogP contribution in [0.3, 0.4) is 0 Å². The Labute approximate surface area is 183 Å². The van der Waals surface area contributed by atoms with Crippen LogP contribution in [0.2, 0.25) is 0 Å². The van der Waals surface area contributed by atoms with Crippen molar-refractivity contribution in [1.29, 1.82) is 0 Å². The minimum absolute atomic E-state index is 0.178. The number of anilines is 1. The summed E-state index contributed by atoms with van der Waals surface area (Å²) in [4.78, 5) is 13.2. The molecule has 5 nitrogen and oxygen atoms in total. The molecule has 1 amide bonds. The molecule has 0 bridgehead atoms. The SMILES string of the molecule is CC[C@H](NC(=O)CN1c2ccccc2-c2ccccc2S1(=O)=O)c1ccc(C)cc1C. The van der Waals surface area contributed by atoms with E-state index in [2.05, 4.69) is 11.4 Å². The fourth-order valence-corrected chi connectivity index (χ4v) is 5.89. The summed E-state index contributed by atoms with van der Waals surface area (Å²) in [7, 11) is -3.84. The van der Waals surface area contributed by atoms with Crippen molar-refractivity contribution in [3.8, 4) is 11.1 Å². The number of hydrogen-bond acceptors (Lipinski definition) is 3. The maximum atomic E-state index is 13.4. The number of amides is 1. The van der Waals surface area contributed by atoms with E-state index in [1.165, 1.54) is 4.31 Å². The smallest absolute Gasteiger partial charge is 0.265 e. The first kappa shape index (κ1) is 21.1. The lowest BCUT2D eigenvalue weighted by molar-refractivity contribution is -0.120. The van der Waals surface area contributed by atoms with Crippen LogP contribution in [0.25, 0.3) is 11.1 Å². The second kappa shape index (κ2) is 8.19. The highest BCUT2D eigenvalue weighted by Gasteiger charge is 2.35. The Morgan fingerprint density at radius 1 is 0.968 bits per heavy atom. The second-order valence-corrected chi connectivity index (χ2v) is 9.74. The van der Waals surface area contributed by atoms with Gasteiger partial charge in [-0.05, 0) is 43.5 Å². The van der Waals surface area contributed by atoms with Crippen LogP contribution in [0.1, 0.15) is 36.1 Å². The van der Waals surface area contributed by atoms with Gasteiger partial charge in [-0.25, -0.2) is 8.42 Å². The lowest BCUT2D eigenvalue weighted by atomic mass is 9.97. The topological polar surface area (TPSA) is 66.5 Å². The maximum absolute atomic E-state index is 13.4. The number of aryl methyl sites for hydroxylation is 2. The summed E-state index contributed by atoms with van der Waals surface area (Å²) in [6.45, 7) is 5.80. The summed E-state index contributed by atoms with van der Waals surface area (Å²) in [6.07, 6.45) is 0.710. The van der Waals surface area contributed by atoms with E-state index in [1.54, 1.807) is 30.3 Å². The van der Waals surface area contributed by atoms with Gasteiger partial charge in [-0.1, -0.05) is 67.1 Å². The average molecular weight is 435 g/mol. The van der Waals surface area contributed by atoms with Crippen molar-refractivity contribution < 1.29 is 13.2 Å². The van der Waals surface area contributed by atoms with Crippen molar-refractivity contribution in [2.75, 3.05) is 10.8 Å². The van der Waals surface area contributed by atoms with Gasteiger partial charge >= 0.3 is 0 Å². The number of carbonyl (C=O) groups excluding carboxylic acids is 1. The summed E-state index contributed by atoms with van der Waals surface area (Å²) in [5.74, 6) is -0.329. The van der Waals surface area contributed by atoms with Gasteiger partial charge in [0.2, 0.25) is 5.91 Å². The Hall–Kier alpha value is -3.12. The minimum atomic E-state index is -3.84. The molecule has 3 aromatic carbocycles. The highest BCUT2D eigenvalue weighted by molar-refractivity contribution is 7.93. The van der Waals surface area contributed by atoms with E-state index in [0.717, 1.165) is 22.3 Å². The van der Waals surface area contributed by atoms with Crippen LogP contribution in [0.4, 0.5) is 5.69 Å². The van der Waals surface area contributed by atoms with E-state index in [1.807, 2.05) is 51.1 Å². The van der Waals surface area contributed by atoms with Gasteiger partial charge in [0, 0.05) is 11.1 Å². The molecule has 6 heteroatoms. The van der Waals surface area contributed by atoms with Gasteiger partial charge in [0.25, 0.3) is 10.0 Å². The second-order valence-electron chi connectivity index (χ2n) is 7.91. The molecule has 1 N–H and O–H groups in total. The molecule has 160 valence electrons.